The molecule has 0 radical (unpaired) electrons. The van der Waals surface area contributed by atoms with Crippen molar-refractivity contribution in [3.63, 3.8) is 0 Å². The van der Waals surface area contributed by atoms with E-state index in [-0.39, 0.29) is 11.6 Å². The number of carbonyl (C=O) groups excluding carboxylic acids is 1. The van der Waals surface area contributed by atoms with Gasteiger partial charge in [-0.3, -0.25) is 9.78 Å². The van der Waals surface area contributed by atoms with E-state index in [2.05, 4.69) is 20.6 Å². The number of pyridine rings is 1. The number of aromatic nitrogens is 4. The molecule has 2 heterocycles. The first-order valence-electron chi connectivity index (χ1n) is 10.2. The molecular weight excluding hydrogens is 406 g/mol. The molecule has 1 amide bonds. The normalized spacial score (nSPS) is 10.6. The first-order valence-corrected chi connectivity index (χ1v) is 10.2. The van der Waals surface area contributed by atoms with E-state index < -0.39 is 0 Å². The van der Waals surface area contributed by atoms with Crippen molar-refractivity contribution in [2.45, 2.75) is 13.5 Å². The number of carbonyl (C=O) groups is 1. The van der Waals surface area contributed by atoms with Crippen LogP contribution in [-0.2, 0) is 6.54 Å². The highest BCUT2D eigenvalue weighted by molar-refractivity contribution is 5.98. The topological polar surface area (TPSA) is 91.2 Å². The number of methoxy groups -OCH3 is 1. The molecule has 0 spiro atoms. The quantitative estimate of drug-likeness (QED) is 0.460. The SMILES string of the molecule is CCOc1cccc(CNC(=O)c2nnn(-c3cccc(OC)c3)c2-c2ccncc2)c1. The Hall–Kier alpha value is -4.20. The van der Waals surface area contributed by atoms with Crippen molar-refractivity contribution in [2.75, 3.05) is 13.7 Å². The van der Waals surface area contributed by atoms with Crippen molar-refractivity contribution in [1.29, 1.82) is 0 Å². The van der Waals surface area contributed by atoms with E-state index in [9.17, 15) is 4.79 Å². The fraction of sp³-hybridized carbons (Fsp3) is 0.167. The van der Waals surface area contributed by atoms with Crippen LogP contribution in [0.25, 0.3) is 16.9 Å². The monoisotopic (exact) mass is 429 g/mol. The van der Waals surface area contributed by atoms with Crippen LogP contribution in [0.1, 0.15) is 23.0 Å². The maximum absolute atomic E-state index is 13.1. The summed E-state index contributed by atoms with van der Waals surface area (Å²) < 4.78 is 12.5. The summed E-state index contributed by atoms with van der Waals surface area (Å²) in [7, 11) is 1.60. The van der Waals surface area contributed by atoms with Crippen LogP contribution < -0.4 is 14.8 Å². The summed E-state index contributed by atoms with van der Waals surface area (Å²) in [4.78, 5) is 17.2. The Kier molecular flexibility index (Phi) is 6.41. The lowest BCUT2D eigenvalue weighted by Crippen LogP contribution is -2.24. The molecule has 0 aliphatic heterocycles. The van der Waals surface area contributed by atoms with Crippen LogP contribution in [0.4, 0.5) is 0 Å². The number of ether oxygens (including phenoxy) is 2. The smallest absolute Gasteiger partial charge is 0.274 e. The molecule has 4 aromatic rings. The van der Waals surface area contributed by atoms with E-state index >= 15 is 0 Å². The molecule has 8 nitrogen and oxygen atoms in total. The van der Waals surface area contributed by atoms with E-state index in [0.29, 0.717) is 24.6 Å². The van der Waals surface area contributed by atoms with Crippen molar-refractivity contribution < 1.29 is 14.3 Å². The molecule has 0 bridgehead atoms. The number of hydrogen-bond donors (Lipinski definition) is 1. The molecule has 4 rings (SSSR count). The number of benzene rings is 2. The average molecular weight is 429 g/mol. The van der Waals surface area contributed by atoms with Crippen LogP contribution in [0.15, 0.2) is 73.1 Å². The van der Waals surface area contributed by atoms with Gasteiger partial charge in [0, 0.05) is 30.6 Å². The predicted octanol–water partition coefficient (Wildman–Crippen LogP) is 3.67. The van der Waals surface area contributed by atoms with Gasteiger partial charge in [-0.05, 0) is 48.9 Å². The third-order valence-corrected chi connectivity index (χ3v) is 4.80. The van der Waals surface area contributed by atoms with Gasteiger partial charge in [-0.1, -0.05) is 23.4 Å². The molecule has 0 fully saturated rings. The third kappa shape index (κ3) is 4.59. The molecule has 0 unspecified atom stereocenters. The minimum Gasteiger partial charge on any atom is -0.497 e. The van der Waals surface area contributed by atoms with E-state index in [1.54, 1.807) is 24.2 Å². The summed E-state index contributed by atoms with van der Waals surface area (Å²) in [6, 6.07) is 18.7. The maximum Gasteiger partial charge on any atom is 0.274 e. The van der Waals surface area contributed by atoms with Gasteiger partial charge in [0.15, 0.2) is 5.69 Å². The van der Waals surface area contributed by atoms with Crippen LogP contribution in [-0.4, -0.2) is 39.6 Å². The summed E-state index contributed by atoms with van der Waals surface area (Å²) in [6.07, 6.45) is 3.33. The molecule has 2 aromatic carbocycles. The van der Waals surface area contributed by atoms with Crippen LogP contribution >= 0.6 is 0 Å². The van der Waals surface area contributed by atoms with Gasteiger partial charge in [-0.15, -0.1) is 5.10 Å². The lowest BCUT2D eigenvalue weighted by molar-refractivity contribution is 0.0946. The zero-order valence-corrected chi connectivity index (χ0v) is 17.9. The van der Waals surface area contributed by atoms with E-state index in [1.807, 2.05) is 67.6 Å². The van der Waals surface area contributed by atoms with E-state index in [1.165, 1.54) is 0 Å². The van der Waals surface area contributed by atoms with Gasteiger partial charge < -0.3 is 14.8 Å². The van der Waals surface area contributed by atoms with Crippen molar-refractivity contribution in [2.24, 2.45) is 0 Å². The highest BCUT2D eigenvalue weighted by Gasteiger charge is 2.22. The Bertz CT molecular complexity index is 1210. The lowest BCUT2D eigenvalue weighted by atomic mass is 10.1. The molecule has 0 aliphatic rings. The van der Waals surface area contributed by atoms with Gasteiger partial charge in [0.25, 0.3) is 5.91 Å². The van der Waals surface area contributed by atoms with Crippen LogP contribution in [0, 0.1) is 0 Å². The van der Waals surface area contributed by atoms with E-state index in [0.717, 1.165) is 22.6 Å². The number of hydrogen-bond acceptors (Lipinski definition) is 6. The zero-order chi connectivity index (χ0) is 22.3. The number of nitrogens with one attached hydrogen (secondary N) is 1. The van der Waals surface area contributed by atoms with Crippen molar-refractivity contribution in [1.82, 2.24) is 25.3 Å². The minimum absolute atomic E-state index is 0.222. The second-order valence-corrected chi connectivity index (χ2v) is 6.90. The molecule has 0 saturated heterocycles. The summed E-state index contributed by atoms with van der Waals surface area (Å²) in [5.74, 6) is 1.12. The molecular formula is C24H23N5O3. The average Bonchev–Trinajstić information content (AvgIpc) is 3.29. The van der Waals surface area contributed by atoms with Crippen molar-refractivity contribution >= 4 is 5.91 Å². The Morgan fingerprint density at radius 3 is 2.59 bits per heavy atom. The molecule has 0 aliphatic carbocycles. The standard InChI is InChI=1S/C24H23N5O3/c1-3-32-21-9-4-6-17(14-21)16-26-24(30)22-23(18-10-12-25-13-11-18)29(28-27-22)19-7-5-8-20(15-19)31-2/h4-15H,3,16H2,1-2H3,(H,26,30). The first kappa shape index (κ1) is 21.0. The fourth-order valence-corrected chi connectivity index (χ4v) is 3.30. The minimum atomic E-state index is -0.326. The highest BCUT2D eigenvalue weighted by atomic mass is 16.5. The van der Waals surface area contributed by atoms with Gasteiger partial charge in [-0.2, -0.15) is 0 Å². The molecule has 32 heavy (non-hydrogen) atoms. The van der Waals surface area contributed by atoms with Crippen LogP contribution in [0.2, 0.25) is 0 Å². The van der Waals surface area contributed by atoms with Gasteiger partial charge >= 0.3 is 0 Å². The number of rotatable bonds is 8. The van der Waals surface area contributed by atoms with Crippen LogP contribution in [0.3, 0.4) is 0 Å². The Morgan fingerprint density at radius 1 is 1.03 bits per heavy atom. The number of amides is 1. The van der Waals surface area contributed by atoms with Gasteiger partial charge in [0.1, 0.15) is 17.2 Å². The third-order valence-electron chi connectivity index (χ3n) is 4.80. The molecule has 8 heteroatoms. The second kappa shape index (κ2) is 9.74. The molecule has 1 N–H and O–H groups in total. The first-order chi connectivity index (χ1) is 15.7. The Balaban J connectivity index is 1.65. The number of nitrogens with zero attached hydrogens (tertiary/aromatic N) is 4. The van der Waals surface area contributed by atoms with E-state index in [4.69, 9.17) is 9.47 Å². The summed E-state index contributed by atoms with van der Waals surface area (Å²) in [5, 5.41) is 11.4. The summed E-state index contributed by atoms with van der Waals surface area (Å²) in [5.41, 5.74) is 3.22. The largest absolute Gasteiger partial charge is 0.497 e. The van der Waals surface area contributed by atoms with Crippen molar-refractivity contribution in [3.8, 4) is 28.4 Å². The molecule has 2 aromatic heterocycles. The molecule has 0 saturated carbocycles. The summed E-state index contributed by atoms with van der Waals surface area (Å²) in [6.45, 7) is 2.85. The Morgan fingerprint density at radius 2 is 1.81 bits per heavy atom. The maximum atomic E-state index is 13.1. The van der Waals surface area contributed by atoms with Crippen molar-refractivity contribution in [3.05, 3.63) is 84.3 Å². The summed E-state index contributed by atoms with van der Waals surface area (Å²) >= 11 is 0. The lowest BCUT2D eigenvalue weighted by Gasteiger charge is -2.10. The zero-order valence-electron chi connectivity index (χ0n) is 17.9. The van der Waals surface area contributed by atoms with Crippen LogP contribution in [0.5, 0.6) is 11.5 Å². The highest BCUT2D eigenvalue weighted by Crippen LogP contribution is 2.26. The van der Waals surface area contributed by atoms with Gasteiger partial charge in [0.05, 0.1) is 19.4 Å². The molecule has 162 valence electrons. The molecule has 0 atom stereocenters. The second-order valence-electron chi connectivity index (χ2n) is 6.90. The van der Waals surface area contributed by atoms with Gasteiger partial charge in [-0.25, -0.2) is 4.68 Å². The Labute approximate surface area is 185 Å². The van der Waals surface area contributed by atoms with Gasteiger partial charge in [0.2, 0.25) is 0 Å². The fourth-order valence-electron chi connectivity index (χ4n) is 3.30. The predicted molar refractivity (Wildman–Crippen MR) is 120 cm³/mol.